The van der Waals surface area contributed by atoms with Crippen LogP contribution in [0.5, 0.6) is 11.5 Å². The molecule has 1 N–H and O–H groups in total. The Hall–Kier alpha value is -4.07. The summed E-state index contributed by atoms with van der Waals surface area (Å²) in [5, 5.41) is 11.4. The number of hydrogen-bond acceptors (Lipinski definition) is 6. The number of aromatic nitrogens is 2. The fourth-order valence-electron chi connectivity index (χ4n) is 4.99. The molecule has 2 aromatic carbocycles. The van der Waals surface area contributed by atoms with E-state index in [0.29, 0.717) is 31.7 Å². The number of aliphatic hydroxyl groups is 1. The summed E-state index contributed by atoms with van der Waals surface area (Å²) in [5.41, 5.74) is 2.31. The standard InChI is InChI=1S/C29H31N3O5/c1-3-15-36-23-8-5-20(6-9-23)26-25(27(33)21-7-10-24-22(17-21)16-19(2)37-24)28(34)29(35)32(26)13-4-12-31-14-11-30-18-31/h5-11,14,17-19,26,33H,3-4,12-13,15-16H2,1-2H3/t19-,26+/m1/s1. The summed E-state index contributed by atoms with van der Waals surface area (Å²) >= 11 is 0. The molecule has 1 aromatic heterocycles. The number of aliphatic hydroxyl groups excluding tert-OH is 1. The quantitative estimate of drug-likeness (QED) is 0.264. The lowest BCUT2D eigenvalue weighted by Crippen LogP contribution is -2.31. The second-order valence-corrected chi connectivity index (χ2v) is 9.52. The molecule has 3 aromatic rings. The Morgan fingerprint density at radius 1 is 1.16 bits per heavy atom. The number of aryl methyl sites for hydroxylation is 1. The second kappa shape index (κ2) is 10.5. The molecule has 0 radical (unpaired) electrons. The Balaban J connectivity index is 1.50. The molecule has 3 heterocycles. The molecule has 1 fully saturated rings. The maximum absolute atomic E-state index is 13.3. The highest BCUT2D eigenvalue weighted by atomic mass is 16.5. The maximum atomic E-state index is 13.3. The Labute approximate surface area is 216 Å². The van der Waals surface area contributed by atoms with Crippen molar-refractivity contribution in [2.75, 3.05) is 13.2 Å². The highest BCUT2D eigenvalue weighted by Crippen LogP contribution is 2.41. The average molecular weight is 502 g/mol. The molecule has 0 unspecified atom stereocenters. The smallest absolute Gasteiger partial charge is 0.295 e. The van der Waals surface area contributed by atoms with E-state index in [1.807, 2.05) is 61.0 Å². The summed E-state index contributed by atoms with van der Waals surface area (Å²) in [6.45, 7) is 5.64. The number of benzene rings is 2. The molecule has 0 spiro atoms. The van der Waals surface area contributed by atoms with E-state index in [9.17, 15) is 14.7 Å². The number of carbonyl (C=O) groups excluding carboxylic acids is 2. The molecule has 1 saturated heterocycles. The van der Waals surface area contributed by atoms with Crippen LogP contribution in [0.1, 0.15) is 49.4 Å². The van der Waals surface area contributed by atoms with Gasteiger partial charge in [-0.25, -0.2) is 4.98 Å². The van der Waals surface area contributed by atoms with Crippen LogP contribution in [0.25, 0.3) is 5.76 Å². The fraction of sp³-hybridized carbons (Fsp3) is 0.345. The predicted octanol–water partition coefficient (Wildman–Crippen LogP) is 4.51. The van der Waals surface area contributed by atoms with E-state index in [1.165, 1.54) is 0 Å². The van der Waals surface area contributed by atoms with Crippen LogP contribution in [-0.4, -0.2) is 50.5 Å². The maximum Gasteiger partial charge on any atom is 0.295 e. The Morgan fingerprint density at radius 2 is 1.97 bits per heavy atom. The molecule has 0 bridgehead atoms. The van der Waals surface area contributed by atoms with Gasteiger partial charge in [-0.3, -0.25) is 9.59 Å². The van der Waals surface area contributed by atoms with Crippen molar-refractivity contribution in [3.8, 4) is 11.5 Å². The van der Waals surface area contributed by atoms with E-state index in [0.717, 1.165) is 35.5 Å². The minimum atomic E-state index is -0.702. The highest BCUT2D eigenvalue weighted by Gasteiger charge is 2.45. The van der Waals surface area contributed by atoms with Crippen LogP contribution >= 0.6 is 0 Å². The molecule has 8 nitrogen and oxygen atoms in total. The number of ketones is 1. The Morgan fingerprint density at radius 3 is 2.70 bits per heavy atom. The third-order valence-corrected chi connectivity index (χ3v) is 6.75. The van der Waals surface area contributed by atoms with Crippen molar-refractivity contribution in [3.63, 3.8) is 0 Å². The summed E-state index contributed by atoms with van der Waals surface area (Å²) in [4.78, 5) is 32.2. The normalized spacial score (nSPS) is 20.2. The Kier molecular flexibility index (Phi) is 6.99. The molecule has 2 aliphatic rings. The first-order valence-corrected chi connectivity index (χ1v) is 12.7. The van der Waals surface area contributed by atoms with Crippen LogP contribution in [-0.2, 0) is 22.6 Å². The molecule has 2 atom stereocenters. The zero-order valence-corrected chi connectivity index (χ0v) is 21.1. The predicted molar refractivity (Wildman–Crippen MR) is 138 cm³/mol. The molecule has 37 heavy (non-hydrogen) atoms. The minimum absolute atomic E-state index is 0.0573. The van der Waals surface area contributed by atoms with Crippen molar-refractivity contribution >= 4 is 17.4 Å². The van der Waals surface area contributed by atoms with Crippen molar-refractivity contribution in [1.29, 1.82) is 0 Å². The lowest BCUT2D eigenvalue weighted by Gasteiger charge is -2.25. The molecule has 0 aliphatic carbocycles. The van der Waals surface area contributed by atoms with Crippen LogP contribution in [0.4, 0.5) is 0 Å². The van der Waals surface area contributed by atoms with Gasteiger partial charge in [-0.2, -0.15) is 0 Å². The van der Waals surface area contributed by atoms with E-state index in [2.05, 4.69) is 4.98 Å². The number of ether oxygens (including phenoxy) is 2. The summed E-state index contributed by atoms with van der Waals surface area (Å²) in [6.07, 6.45) is 7.59. The topological polar surface area (TPSA) is 93.9 Å². The number of imidazole rings is 1. The number of Topliss-reactive ketones (excluding diaryl/α,β-unsaturated/α-hetero) is 1. The monoisotopic (exact) mass is 501 g/mol. The highest BCUT2D eigenvalue weighted by molar-refractivity contribution is 6.46. The van der Waals surface area contributed by atoms with E-state index in [-0.39, 0.29) is 17.4 Å². The van der Waals surface area contributed by atoms with Gasteiger partial charge < -0.3 is 24.0 Å². The Bertz CT molecular complexity index is 1310. The lowest BCUT2D eigenvalue weighted by atomic mass is 9.94. The molecule has 0 saturated carbocycles. The zero-order chi connectivity index (χ0) is 25.9. The van der Waals surface area contributed by atoms with Crippen LogP contribution < -0.4 is 9.47 Å². The van der Waals surface area contributed by atoms with Crippen molar-refractivity contribution < 1.29 is 24.2 Å². The van der Waals surface area contributed by atoms with Crippen molar-refractivity contribution in [2.24, 2.45) is 0 Å². The first kappa shape index (κ1) is 24.6. The van der Waals surface area contributed by atoms with Crippen LogP contribution in [0.3, 0.4) is 0 Å². The number of carbonyl (C=O) groups is 2. The fourth-order valence-corrected chi connectivity index (χ4v) is 4.99. The lowest BCUT2D eigenvalue weighted by molar-refractivity contribution is -0.139. The van der Waals surface area contributed by atoms with Crippen LogP contribution in [0.15, 0.2) is 66.8 Å². The van der Waals surface area contributed by atoms with Gasteiger partial charge in [0, 0.05) is 37.5 Å². The third kappa shape index (κ3) is 4.96. The van der Waals surface area contributed by atoms with Gasteiger partial charge in [-0.1, -0.05) is 19.1 Å². The summed E-state index contributed by atoms with van der Waals surface area (Å²) in [6, 6.07) is 12.1. The van der Waals surface area contributed by atoms with E-state index >= 15 is 0 Å². The number of hydrogen-bond donors (Lipinski definition) is 1. The van der Waals surface area contributed by atoms with Crippen molar-refractivity contribution in [1.82, 2.24) is 14.5 Å². The van der Waals surface area contributed by atoms with Gasteiger partial charge in [0.2, 0.25) is 0 Å². The van der Waals surface area contributed by atoms with Gasteiger partial charge in [0.25, 0.3) is 11.7 Å². The van der Waals surface area contributed by atoms with Crippen molar-refractivity contribution in [2.45, 2.75) is 51.8 Å². The average Bonchev–Trinajstić information content (AvgIpc) is 3.61. The molecular formula is C29H31N3O5. The van der Waals surface area contributed by atoms with Crippen molar-refractivity contribution in [3.05, 3.63) is 83.4 Å². The largest absolute Gasteiger partial charge is 0.507 e. The second-order valence-electron chi connectivity index (χ2n) is 9.52. The number of likely N-dealkylation sites (tertiary alicyclic amines) is 1. The van der Waals surface area contributed by atoms with Gasteiger partial charge >= 0.3 is 0 Å². The van der Waals surface area contributed by atoms with Gasteiger partial charge in [-0.05, 0) is 61.2 Å². The number of fused-ring (bicyclic) bond motifs is 1. The minimum Gasteiger partial charge on any atom is -0.507 e. The van der Waals surface area contributed by atoms with E-state index < -0.39 is 17.7 Å². The molecule has 8 heteroatoms. The molecule has 2 aliphatic heterocycles. The summed E-state index contributed by atoms with van der Waals surface area (Å²) in [7, 11) is 0. The van der Waals surface area contributed by atoms with Crippen LogP contribution in [0, 0.1) is 0 Å². The molecule has 5 rings (SSSR count). The number of amides is 1. The SMILES string of the molecule is CCCOc1ccc([C@H]2C(=C(O)c3ccc4c(c3)C[C@@H](C)O4)C(=O)C(=O)N2CCCn2ccnc2)cc1. The van der Waals surface area contributed by atoms with Gasteiger partial charge in [-0.15, -0.1) is 0 Å². The molecule has 1 amide bonds. The number of nitrogens with zero attached hydrogens (tertiary/aromatic N) is 3. The van der Waals surface area contributed by atoms with Gasteiger partial charge in [0.15, 0.2) is 0 Å². The van der Waals surface area contributed by atoms with E-state index in [1.54, 1.807) is 23.5 Å². The third-order valence-electron chi connectivity index (χ3n) is 6.75. The first-order chi connectivity index (χ1) is 18.0. The molecule has 192 valence electrons. The first-order valence-electron chi connectivity index (χ1n) is 12.7. The summed E-state index contributed by atoms with van der Waals surface area (Å²) in [5.74, 6) is 0.0379. The summed E-state index contributed by atoms with van der Waals surface area (Å²) < 4.78 is 13.4. The number of rotatable bonds is 9. The zero-order valence-electron chi connectivity index (χ0n) is 21.1. The van der Waals surface area contributed by atoms with E-state index in [4.69, 9.17) is 9.47 Å². The van der Waals surface area contributed by atoms with Crippen LogP contribution in [0.2, 0.25) is 0 Å². The van der Waals surface area contributed by atoms with Gasteiger partial charge in [0.1, 0.15) is 23.4 Å². The van der Waals surface area contributed by atoms with Gasteiger partial charge in [0.05, 0.1) is 24.5 Å². The molecular weight excluding hydrogens is 470 g/mol.